The Morgan fingerprint density at radius 3 is 1.65 bits per heavy atom. The lowest BCUT2D eigenvalue weighted by Gasteiger charge is -1.97. The Hall–Kier alpha value is -4.21. The summed E-state index contributed by atoms with van der Waals surface area (Å²) in [6.45, 7) is 1.68. The van der Waals surface area contributed by atoms with Crippen molar-refractivity contribution in [3.8, 4) is 24.3 Å². The zero-order chi connectivity index (χ0) is 31.0. The molecule has 3 aliphatic rings. The largest absolute Gasteiger partial charge is 0.324 e. The lowest BCUT2D eigenvalue weighted by molar-refractivity contribution is 0.576. The number of nitrogens with one attached hydrogen (secondary N) is 8. The number of allylic oxidation sites excluding steroid dienone is 2. The number of hydrazone groups is 2. The molecule has 0 spiro atoms. The monoisotopic (exact) mass is 625 g/mol. The van der Waals surface area contributed by atoms with Gasteiger partial charge in [-0.3, -0.25) is 10.9 Å². The number of nitriles is 4. The highest BCUT2D eigenvalue weighted by molar-refractivity contribution is 9.09. The van der Waals surface area contributed by atoms with Gasteiger partial charge in [0.05, 0.1) is 55.8 Å². The molecular weight excluding hydrogens is 586 g/mol. The summed E-state index contributed by atoms with van der Waals surface area (Å²) in [6.07, 6.45) is 10.0. The third kappa shape index (κ3) is 47.0. The summed E-state index contributed by atoms with van der Waals surface area (Å²) in [7, 11) is 3.60. The van der Waals surface area contributed by atoms with Gasteiger partial charge in [-0.2, -0.15) is 21.0 Å². The Kier molecular flexibility index (Phi) is 48.0. The lowest BCUT2D eigenvalue weighted by Crippen LogP contribution is -2.38. The van der Waals surface area contributed by atoms with E-state index >= 15 is 0 Å². The van der Waals surface area contributed by atoms with Crippen LogP contribution in [0.5, 0.6) is 0 Å². The average molecular weight is 627 g/mol. The third-order valence-electron chi connectivity index (χ3n) is 3.21. The maximum absolute atomic E-state index is 7.75. The molecular formula is C20H40BrN19. The van der Waals surface area contributed by atoms with Crippen molar-refractivity contribution in [2.75, 3.05) is 52.1 Å². The summed E-state index contributed by atoms with van der Waals surface area (Å²) < 4.78 is 0. The van der Waals surface area contributed by atoms with Gasteiger partial charge in [-0.05, 0) is 45.3 Å². The highest BCUT2D eigenvalue weighted by Crippen LogP contribution is 2.07. The Labute approximate surface area is 243 Å². The summed E-state index contributed by atoms with van der Waals surface area (Å²) in [5.41, 5.74) is 33.0. The first-order chi connectivity index (χ1) is 19.5. The zero-order valence-corrected chi connectivity index (χ0v) is 24.4. The molecule has 0 aromatic carbocycles. The highest BCUT2D eigenvalue weighted by Gasteiger charge is 1.99. The van der Waals surface area contributed by atoms with Gasteiger partial charge in [0.25, 0.3) is 0 Å². The molecule has 0 unspecified atom stereocenters. The van der Waals surface area contributed by atoms with Gasteiger partial charge in [-0.15, -0.1) is 21.3 Å². The van der Waals surface area contributed by atoms with E-state index in [2.05, 4.69) is 97.7 Å². The van der Waals surface area contributed by atoms with Crippen molar-refractivity contribution in [1.82, 2.24) is 43.6 Å². The second kappa shape index (κ2) is 44.8. The van der Waals surface area contributed by atoms with Gasteiger partial charge in [0, 0.05) is 4.91 Å². The Morgan fingerprint density at radius 2 is 1.48 bits per heavy atom. The number of hydrogen-bond donors (Lipinski definition) is 10. The van der Waals surface area contributed by atoms with Crippen molar-refractivity contribution >= 4 is 27.6 Å². The molecule has 0 saturated carbocycles. The molecule has 0 fully saturated rings. The fraction of sp³-hybridized carbons (Fsp3) is 0.600. The molecule has 0 radical (unpaired) electrons. The number of alkyl halides is 1. The number of hydrogen-bond acceptors (Lipinski definition) is 17. The minimum Gasteiger partial charge on any atom is -0.324 e. The second-order valence-electron chi connectivity index (χ2n) is 6.22. The van der Waals surface area contributed by atoms with Gasteiger partial charge in [-0.25, -0.2) is 11.1 Å². The number of nitrogens with zero attached hydrogens (tertiary/aromatic N) is 9. The van der Waals surface area contributed by atoms with E-state index < -0.39 is 0 Å². The average Bonchev–Trinajstić information content (AvgIpc) is 3.74. The van der Waals surface area contributed by atoms with E-state index in [1.54, 1.807) is 19.2 Å². The summed E-state index contributed by atoms with van der Waals surface area (Å²) >= 11 is 2.89. The number of halogens is 1. The van der Waals surface area contributed by atoms with Crippen LogP contribution < -0.4 is 55.1 Å². The smallest absolute Gasteiger partial charge is 0.153 e. The molecule has 0 atom stereocenters. The van der Waals surface area contributed by atoms with Gasteiger partial charge >= 0.3 is 0 Å². The van der Waals surface area contributed by atoms with Crippen molar-refractivity contribution in [2.45, 2.75) is 25.7 Å². The third-order valence-corrected chi connectivity index (χ3v) is 3.47. The van der Waals surface area contributed by atoms with Crippen molar-refractivity contribution in [1.29, 1.82) is 21.0 Å². The van der Waals surface area contributed by atoms with Gasteiger partial charge in [0.2, 0.25) is 0 Å². The summed E-state index contributed by atoms with van der Waals surface area (Å²) in [5, 5.41) is 46.9. The molecule has 3 rings (SSSR count). The van der Waals surface area contributed by atoms with Crippen LogP contribution in [0.25, 0.3) is 10.4 Å². The van der Waals surface area contributed by atoms with E-state index in [0.29, 0.717) is 18.4 Å². The van der Waals surface area contributed by atoms with E-state index in [0.717, 1.165) is 18.2 Å². The predicted molar refractivity (Wildman–Crippen MR) is 158 cm³/mol. The van der Waals surface area contributed by atoms with Crippen molar-refractivity contribution < 1.29 is 0 Å². The zero-order valence-electron chi connectivity index (χ0n) is 22.8. The molecule has 222 valence electrons. The first kappa shape index (κ1) is 42.9. The summed E-state index contributed by atoms with van der Waals surface area (Å²) in [4.78, 5) is 2.33. The number of rotatable bonds is 5. The van der Waals surface area contributed by atoms with Crippen molar-refractivity contribution in [3.63, 3.8) is 0 Å². The van der Waals surface area contributed by atoms with E-state index in [9.17, 15) is 0 Å². The van der Waals surface area contributed by atoms with E-state index in [1.165, 1.54) is 25.7 Å². The van der Waals surface area contributed by atoms with Crippen LogP contribution in [0, 0.1) is 45.3 Å². The predicted octanol–water partition coefficient (Wildman–Crippen LogP) is -0.957. The first-order valence-electron chi connectivity index (χ1n) is 11.6. The molecule has 12 N–H and O–H groups in total. The Balaban J connectivity index is -0.000000192. The van der Waals surface area contributed by atoms with E-state index in [1.807, 2.05) is 19.2 Å². The van der Waals surface area contributed by atoms with Crippen LogP contribution in [0.15, 0.2) is 27.5 Å². The molecule has 2 heterocycles. The SMILES string of the molecule is C1=CCCCC1.CNCC#N.CNCC1=NNNN1.N#CCBr.N#CCN.N#CCN=[N+]=[N-].NCC1=NNNN1. The van der Waals surface area contributed by atoms with E-state index in [-0.39, 0.29) is 13.1 Å². The van der Waals surface area contributed by atoms with Gasteiger partial charge in [0.15, 0.2) is 11.7 Å². The fourth-order valence-corrected chi connectivity index (χ4v) is 1.70. The van der Waals surface area contributed by atoms with Crippen LogP contribution in [0.4, 0.5) is 0 Å². The van der Waals surface area contributed by atoms with Crippen LogP contribution >= 0.6 is 15.9 Å². The van der Waals surface area contributed by atoms with Gasteiger partial charge in [-0.1, -0.05) is 33.2 Å². The molecule has 0 bridgehead atoms. The second-order valence-corrected chi connectivity index (χ2v) is 6.78. The van der Waals surface area contributed by atoms with Crippen molar-refractivity contribution in [3.05, 3.63) is 22.6 Å². The summed E-state index contributed by atoms with van der Waals surface area (Å²) in [5.74, 6) is 1.59. The van der Waals surface area contributed by atoms with E-state index in [4.69, 9.17) is 32.3 Å². The quantitative estimate of drug-likeness (QED) is 0.0439. The molecule has 2 aliphatic heterocycles. The number of hydrazine groups is 4. The molecule has 0 aromatic rings. The molecule has 40 heavy (non-hydrogen) atoms. The van der Waals surface area contributed by atoms with Crippen LogP contribution in [0.2, 0.25) is 0 Å². The molecule has 1 aliphatic carbocycles. The highest BCUT2D eigenvalue weighted by atomic mass is 79.9. The summed E-state index contributed by atoms with van der Waals surface area (Å²) in [6, 6.07) is 7.11. The maximum Gasteiger partial charge on any atom is 0.153 e. The first-order valence-corrected chi connectivity index (χ1v) is 12.7. The molecule has 19 nitrogen and oxygen atoms in total. The molecule has 0 amide bonds. The number of amidine groups is 2. The maximum atomic E-state index is 7.75. The molecule has 0 aromatic heterocycles. The lowest BCUT2D eigenvalue weighted by atomic mass is 10.1. The fourth-order valence-electron chi connectivity index (χ4n) is 1.70. The minimum atomic E-state index is -0.0729. The van der Waals surface area contributed by atoms with Gasteiger partial charge in [0.1, 0.15) is 6.54 Å². The Bertz CT molecular complexity index is 833. The van der Waals surface area contributed by atoms with Crippen LogP contribution in [0.1, 0.15) is 25.7 Å². The number of nitrogens with two attached hydrogens (primary N) is 2. The number of azide groups is 1. The number of likely N-dealkylation sites (N-methyl/N-ethyl adjacent to an activating group) is 1. The standard InChI is InChI=1S/C6H10.C3H9N5.C3H6N2.C2H2BrN.C2H7N5.C2H2N4.C2H4N2/c1-2-4-6-5-3-1;1-4-2-3-5-7-8-6-3;1-5-3-2-4;3-1-2-4;3-1-2-4-6-7-5-2;3-1-2-5-6-4;3-1-2-4/h1-2H,3-6H2;4,7-8H,2H2,1H3,(H,5,6);5H,3H2,1H3;1H2;6-7H,1,3H2,(H,4,5);2H2;1,3H2. The van der Waals surface area contributed by atoms with Crippen LogP contribution in [-0.2, 0) is 0 Å². The Morgan fingerprint density at radius 1 is 0.950 bits per heavy atom. The minimum absolute atomic E-state index is 0.0729. The van der Waals surface area contributed by atoms with Crippen molar-refractivity contribution in [2.24, 2.45) is 26.8 Å². The molecule has 0 saturated heterocycles. The molecule has 20 heteroatoms. The normalized spacial score (nSPS) is 12.2. The van der Waals surface area contributed by atoms with Crippen LogP contribution in [-0.4, -0.2) is 63.8 Å². The van der Waals surface area contributed by atoms with Gasteiger partial charge < -0.3 is 22.1 Å². The van der Waals surface area contributed by atoms with Crippen LogP contribution in [0.3, 0.4) is 0 Å². The topological polar surface area (TPSA) is 317 Å².